The van der Waals surface area contributed by atoms with E-state index < -0.39 is 37.4 Å². The number of benzene rings is 1. The van der Waals surface area contributed by atoms with Crippen LogP contribution in [0, 0.1) is 11.6 Å². The molecule has 0 spiro atoms. The number of aromatic nitrogens is 2. The molecule has 0 bridgehead atoms. The van der Waals surface area contributed by atoms with E-state index in [0.717, 1.165) is 22.5 Å². The Bertz CT molecular complexity index is 1010. The minimum absolute atomic E-state index is 0.0494. The van der Waals surface area contributed by atoms with Gasteiger partial charge in [-0.2, -0.15) is 4.31 Å². The van der Waals surface area contributed by atoms with E-state index in [2.05, 4.69) is 9.97 Å². The van der Waals surface area contributed by atoms with Crippen molar-refractivity contribution < 1.29 is 25.6 Å². The fourth-order valence-corrected chi connectivity index (χ4v) is 5.78. The molecule has 8 nitrogen and oxygen atoms in total. The Balaban J connectivity index is 1.74. The smallest absolute Gasteiger partial charge is 0.260 e. The second kappa shape index (κ2) is 7.62. The summed E-state index contributed by atoms with van der Waals surface area (Å²) in [5.74, 6) is -2.23. The van der Waals surface area contributed by atoms with Crippen molar-refractivity contribution in [2.24, 2.45) is 0 Å². The number of H-pyrrole nitrogens is 1. The van der Waals surface area contributed by atoms with E-state index in [1.54, 1.807) is 0 Å². The quantitative estimate of drug-likeness (QED) is 0.775. The third-order valence-corrected chi connectivity index (χ3v) is 7.90. The minimum Gasteiger partial charge on any atom is -0.335 e. The monoisotopic (exact) mass is 420 g/mol. The number of hydrogen-bond donors (Lipinski definition) is 1. The van der Waals surface area contributed by atoms with Crippen LogP contribution in [-0.4, -0.2) is 61.6 Å². The van der Waals surface area contributed by atoms with Crippen molar-refractivity contribution in [2.45, 2.75) is 17.2 Å². The van der Waals surface area contributed by atoms with Gasteiger partial charge >= 0.3 is 0 Å². The average Bonchev–Trinajstić information content (AvgIpc) is 3.02. The molecular formula is C15H18F2N4O4S2. The van der Waals surface area contributed by atoms with Crippen LogP contribution in [0.4, 0.5) is 8.78 Å². The van der Waals surface area contributed by atoms with Crippen LogP contribution in [0.1, 0.15) is 12.0 Å². The number of rotatable bonds is 5. The van der Waals surface area contributed by atoms with Gasteiger partial charge in [-0.05, 0) is 24.6 Å². The van der Waals surface area contributed by atoms with Gasteiger partial charge in [-0.25, -0.2) is 34.9 Å². The summed E-state index contributed by atoms with van der Waals surface area (Å²) in [5, 5.41) is -0.0689. The zero-order valence-electron chi connectivity index (χ0n) is 14.2. The van der Waals surface area contributed by atoms with Gasteiger partial charge in [0.2, 0.25) is 10.0 Å². The highest BCUT2D eigenvalue weighted by Crippen LogP contribution is 2.20. The zero-order valence-corrected chi connectivity index (χ0v) is 15.8. The highest BCUT2D eigenvalue weighted by Gasteiger charge is 2.32. The summed E-state index contributed by atoms with van der Waals surface area (Å²) in [6, 6.07) is 2.64. The predicted octanol–water partition coefficient (Wildman–Crippen LogP) is 0.914. The van der Waals surface area contributed by atoms with Crippen LogP contribution in [0.25, 0.3) is 0 Å². The summed E-state index contributed by atoms with van der Waals surface area (Å²) < 4.78 is 79.6. The Labute approximate surface area is 155 Å². The summed E-state index contributed by atoms with van der Waals surface area (Å²) in [5.41, 5.74) is -0.263. The molecule has 2 heterocycles. The fraction of sp³-hybridized carbons (Fsp3) is 0.400. The molecule has 1 aliphatic rings. The minimum atomic E-state index is -3.94. The average molecular weight is 420 g/mol. The third kappa shape index (κ3) is 4.34. The summed E-state index contributed by atoms with van der Waals surface area (Å²) >= 11 is 0. The molecule has 1 aromatic heterocycles. The predicted molar refractivity (Wildman–Crippen MR) is 92.5 cm³/mol. The Hall–Kier alpha value is -1.89. The largest absolute Gasteiger partial charge is 0.335 e. The molecule has 27 heavy (non-hydrogen) atoms. The van der Waals surface area contributed by atoms with Crippen molar-refractivity contribution in [3.05, 3.63) is 47.9 Å². The number of aromatic amines is 1. The van der Waals surface area contributed by atoms with E-state index in [4.69, 9.17) is 0 Å². The standard InChI is InChI=1S/C15H18F2N4O4S2/c16-13-2-3-14(17)12(8-13)10-26(22,23)20-4-1-5-21(7-6-20)27(24,25)15-9-18-11-19-15/h2-3,8-9,11H,1,4-7,10H2,(H,18,19). The molecule has 0 saturated carbocycles. The van der Waals surface area contributed by atoms with E-state index in [1.807, 2.05) is 0 Å². The van der Waals surface area contributed by atoms with Crippen molar-refractivity contribution in [3.8, 4) is 0 Å². The van der Waals surface area contributed by atoms with Gasteiger partial charge in [0.25, 0.3) is 10.0 Å². The first kappa shape index (κ1) is 19.9. The van der Waals surface area contributed by atoms with E-state index in [0.29, 0.717) is 0 Å². The van der Waals surface area contributed by atoms with Gasteiger partial charge < -0.3 is 4.98 Å². The molecule has 0 radical (unpaired) electrons. The van der Waals surface area contributed by atoms with Crippen LogP contribution in [0.2, 0.25) is 0 Å². The first-order valence-corrected chi connectivity index (χ1v) is 11.2. The molecule has 0 aliphatic carbocycles. The lowest BCUT2D eigenvalue weighted by atomic mass is 10.2. The van der Waals surface area contributed by atoms with Gasteiger partial charge in [0.1, 0.15) is 11.6 Å². The fourth-order valence-electron chi connectivity index (χ4n) is 2.85. The first-order valence-electron chi connectivity index (χ1n) is 8.10. The summed E-state index contributed by atoms with van der Waals surface area (Å²) in [7, 11) is -7.73. The molecule has 12 heteroatoms. The van der Waals surface area contributed by atoms with Crippen molar-refractivity contribution in [3.63, 3.8) is 0 Å². The van der Waals surface area contributed by atoms with E-state index >= 15 is 0 Å². The highest BCUT2D eigenvalue weighted by molar-refractivity contribution is 7.89. The molecule has 148 valence electrons. The normalized spacial score (nSPS) is 17.7. The SMILES string of the molecule is O=S(=O)(Cc1cc(F)ccc1F)N1CCCN(S(=O)(=O)c2cnc[nH]2)CC1. The van der Waals surface area contributed by atoms with Crippen molar-refractivity contribution in [2.75, 3.05) is 26.2 Å². The third-order valence-electron chi connectivity index (χ3n) is 4.24. The van der Waals surface area contributed by atoms with Crippen LogP contribution >= 0.6 is 0 Å². The second-order valence-electron chi connectivity index (χ2n) is 6.06. The lowest BCUT2D eigenvalue weighted by Crippen LogP contribution is -2.38. The Morgan fingerprint density at radius 1 is 1.04 bits per heavy atom. The molecule has 0 unspecified atom stereocenters. The van der Waals surface area contributed by atoms with Gasteiger partial charge in [0, 0.05) is 31.7 Å². The summed E-state index contributed by atoms with van der Waals surface area (Å²) in [6.07, 6.45) is 2.70. The molecule has 1 N–H and O–H groups in total. The van der Waals surface area contributed by atoms with E-state index in [1.165, 1.54) is 16.8 Å². The van der Waals surface area contributed by atoms with Crippen molar-refractivity contribution in [1.29, 1.82) is 0 Å². The highest BCUT2D eigenvalue weighted by atomic mass is 32.2. The lowest BCUT2D eigenvalue weighted by molar-refractivity contribution is 0.403. The summed E-state index contributed by atoms with van der Waals surface area (Å²) in [6.45, 7) is 0.106. The van der Waals surface area contributed by atoms with Gasteiger partial charge in [-0.15, -0.1) is 0 Å². The molecule has 3 rings (SSSR count). The molecule has 0 amide bonds. The topological polar surface area (TPSA) is 103 Å². The Morgan fingerprint density at radius 3 is 2.44 bits per heavy atom. The molecule has 0 atom stereocenters. The second-order valence-corrected chi connectivity index (χ2v) is 9.94. The number of halogens is 2. The number of hydrogen-bond acceptors (Lipinski definition) is 5. The van der Waals surface area contributed by atoms with Gasteiger partial charge in [0.15, 0.2) is 5.03 Å². The molecule has 1 aliphatic heterocycles. The molecule has 2 aromatic rings. The van der Waals surface area contributed by atoms with Crippen molar-refractivity contribution in [1.82, 2.24) is 18.6 Å². The van der Waals surface area contributed by atoms with Crippen LogP contribution < -0.4 is 0 Å². The van der Waals surface area contributed by atoms with E-state index in [9.17, 15) is 25.6 Å². The van der Waals surface area contributed by atoms with Crippen LogP contribution in [-0.2, 0) is 25.8 Å². The maximum Gasteiger partial charge on any atom is 0.260 e. The Kier molecular flexibility index (Phi) is 5.60. The van der Waals surface area contributed by atoms with Crippen LogP contribution in [0.15, 0.2) is 35.7 Å². The zero-order chi connectivity index (χ0) is 19.7. The van der Waals surface area contributed by atoms with Gasteiger partial charge in [-0.1, -0.05) is 0 Å². The van der Waals surface area contributed by atoms with Crippen LogP contribution in [0.5, 0.6) is 0 Å². The molecule has 1 fully saturated rings. The van der Waals surface area contributed by atoms with Crippen LogP contribution in [0.3, 0.4) is 0 Å². The van der Waals surface area contributed by atoms with Gasteiger partial charge in [0.05, 0.1) is 18.3 Å². The van der Waals surface area contributed by atoms with E-state index in [-0.39, 0.29) is 43.2 Å². The Morgan fingerprint density at radius 2 is 1.74 bits per heavy atom. The number of nitrogens with one attached hydrogen (secondary N) is 1. The van der Waals surface area contributed by atoms with Crippen molar-refractivity contribution >= 4 is 20.0 Å². The van der Waals surface area contributed by atoms with Gasteiger partial charge in [-0.3, -0.25) is 0 Å². The molecule has 1 aromatic carbocycles. The number of sulfonamides is 2. The lowest BCUT2D eigenvalue weighted by Gasteiger charge is -2.21. The summed E-state index contributed by atoms with van der Waals surface area (Å²) in [4.78, 5) is 6.22. The first-order chi connectivity index (χ1) is 12.7. The number of nitrogens with zero attached hydrogens (tertiary/aromatic N) is 3. The molecular weight excluding hydrogens is 402 g/mol. The number of imidazole rings is 1. The maximum absolute atomic E-state index is 13.8. The molecule has 1 saturated heterocycles. The maximum atomic E-state index is 13.8.